The smallest absolute Gasteiger partial charge is 0.417 e. The van der Waals surface area contributed by atoms with Crippen LogP contribution in [0.25, 0.3) is 0 Å². The van der Waals surface area contributed by atoms with E-state index in [1.165, 1.54) is 12.1 Å². The lowest BCUT2D eigenvalue weighted by atomic mass is 10.2. The van der Waals surface area contributed by atoms with Crippen LogP contribution in [0.5, 0.6) is 0 Å². The highest BCUT2D eigenvalue weighted by atomic mass is 35.7. The van der Waals surface area contributed by atoms with Gasteiger partial charge in [0.2, 0.25) is 0 Å². The molecule has 0 saturated heterocycles. The van der Waals surface area contributed by atoms with Gasteiger partial charge in [0.1, 0.15) is 0 Å². The molecule has 0 fully saturated rings. The predicted molar refractivity (Wildman–Crippen MR) is 73.6 cm³/mol. The number of halogens is 6. The van der Waals surface area contributed by atoms with E-state index in [2.05, 4.69) is 4.74 Å². The molecule has 0 saturated carbocycles. The molecular formula is C9H6Cl3F3O2S2. The van der Waals surface area contributed by atoms with E-state index in [0.717, 1.165) is 28.0 Å². The van der Waals surface area contributed by atoms with E-state index in [4.69, 9.17) is 33.0 Å². The molecule has 1 rings (SSSR count). The maximum absolute atomic E-state index is 12.2. The normalized spacial score (nSPS) is 10.4. The zero-order chi connectivity index (χ0) is 14.9. The number of hydrogen-bond donors (Lipinski definition) is 0. The molecule has 1 aromatic rings. The summed E-state index contributed by atoms with van der Waals surface area (Å²) in [6, 6.07) is 3.52. The minimum absolute atomic E-state index is 0.227. The number of carbonyl (C=O) groups excluding carboxylic acids is 1. The van der Waals surface area contributed by atoms with E-state index >= 15 is 0 Å². The minimum atomic E-state index is -4.43. The van der Waals surface area contributed by atoms with Gasteiger partial charge in [0, 0.05) is 4.90 Å². The van der Waals surface area contributed by atoms with Crippen molar-refractivity contribution >= 4 is 61.4 Å². The van der Waals surface area contributed by atoms with E-state index in [-0.39, 0.29) is 11.0 Å². The van der Waals surface area contributed by atoms with Crippen molar-refractivity contribution in [1.82, 2.24) is 0 Å². The highest BCUT2D eigenvalue weighted by Gasteiger charge is 2.33. The minimum Gasteiger partial charge on any atom is -0.456 e. The highest BCUT2D eigenvalue weighted by Crippen LogP contribution is 2.37. The van der Waals surface area contributed by atoms with Crippen molar-refractivity contribution in [3.63, 3.8) is 0 Å². The highest BCUT2D eigenvalue weighted by molar-refractivity contribution is 8.21. The van der Waals surface area contributed by atoms with Gasteiger partial charge in [-0.25, -0.2) is 0 Å². The first-order chi connectivity index (χ1) is 8.86. The average Bonchev–Trinajstić information content (AvgIpc) is 2.36. The zero-order valence-corrected chi connectivity index (χ0v) is 12.8. The van der Waals surface area contributed by atoms with Crippen LogP contribution in [0.3, 0.4) is 0 Å². The predicted octanol–water partition coefficient (Wildman–Crippen LogP) is 5.61. The van der Waals surface area contributed by atoms with Gasteiger partial charge in [0.25, 0.3) is 6.47 Å². The Morgan fingerprint density at radius 2 is 1.95 bits per heavy atom. The van der Waals surface area contributed by atoms with Gasteiger partial charge in [0.15, 0.2) is 5.94 Å². The van der Waals surface area contributed by atoms with Crippen molar-refractivity contribution in [3.8, 4) is 0 Å². The van der Waals surface area contributed by atoms with Gasteiger partial charge >= 0.3 is 6.18 Å². The Kier molecular flexibility index (Phi) is 9.90. The van der Waals surface area contributed by atoms with Crippen molar-refractivity contribution in [2.45, 2.75) is 11.1 Å². The molecule has 0 heterocycles. The van der Waals surface area contributed by atoms with Crippen LogP contribution in [-0.4, -0.2) is 12.4 Å². The number of benzene rings is 1. The molecule has 10 heteroatoms. The summed E-state index contributed by atoms with van der Waals surface area (Å²) in [7, 11) is 12.0. The quantitative estimate of drug-likeness (QED) is 0.389. The first-order valence-corrected chi connectivity index (χ1v) is 8.14. The third-order valence-electron chi connectivity index (χ3n) is 1.51. The van der Waals surface area contributed by atoms with Crippen molar-refractivity contribution in [1.29, 1.82) is 0 Å². The average molecular weight is 374 g/mol. The molecule has 19 heavy (non-hydrogen) atoms. The number of alkyl halides is 3. The molecule has 0 atom stereocenters. The van der Waals surface area contributed by atoms with Crippen LogP contribution >= 0.6 is 54.9 Å². The van der Waals surface area contributed by atoms with Crippen molar-refractivity contribution in [2.24, 2.45) is 0 Å². The molecular weight excluding hydrogens is 368 g/mol. The van der Waals surface area contributed by atoms with Crippen molar-refractivity contribution < 1.29 is 22.7 Å². The van der Waals surface area contributed by atoms with E-state index in [1.807, 2.05) is 0 Å². The Morgan fingerprint density at radius 3 is 2.32 bits per heavy atom. The lowest BCUT2D eigenvalue weighted by Gasteiger charge is -2.09. The van der Waals surface area contributed by atoms with Gasteiger partial charge in [-0.15, -0.1) is 0 Å². The molecule has 0 bridgehead atoms. The van der Waals surface area contributed by atoms with Crippen LogP contribution in [0.1, 0.15) is 5.56 Å². The van der Waals surface area contributed by atoms with Crippen molar-refractivity contribution in [2.75, 3.05) is 5.94 Å². The monoisotopic (exact) mass is 372 g/mol. The summed E-state index contributed by atoms with van der Waals surface area (Å²) in [5, 5.41) is -0.318. The third kappa shape index (κ3) is 8.04. The molecule has 0 unspecified atom stereocenters. The summed E-state index contributed by atoms with van der Waals surface area (Å²) in [5.74, 6) is 0.227. The number of ether oxygens (including phenoxy) is 1. The SMILES string of the molecule is FC(F)(F)c1cc(SCl)ccc1Cl.O=COCSCl. The fraction of sp³-hybridized carbons (Fsp3) is 0.222. The van der Waals surface area contributed by atoms with Gasteiger partial charge in [-0.2, -0.15) is 13.2 Å². The Morgan fingerprint density at radius 1 is 1.32 bits per heavy atom. The van der Waals surface area contributed by atoms with Gasteiger partial charge in [-0.3, -0.25) is 4.79 Å². The second kappa shape index (κ2) is 9.88. The van der Waals surface area contributed by atoms with Gasteiger partial charge < -0.3 is 4.74 Å². The number of carbonyl (C=O) groups is 1. The summed E-state index contributed by atoms with van der Waals surface area (Å²) in [4.78, 5) is 9.59. The lowest BCUT2D eigenvalue weighted by Crippen LogP contribution is -2.05. The molecule has 0 aliphatic rings. The second-order valence-corrected chi connectivity index (χ2v) is 5.31. The molecule has 0 spiro atoms. The maximum atomic E-state index is 12.2. The van der Waals surface area contributed by atoms with Gasteiger partial charge in [0.05, 0.1) is 10.6 Å². The molecule has 0 aliphatic heterocycles. The zero-order valence-electron chi connectivity index (χ0n) is 8.92. The summed E-state index contributed by atoms with van der Waals surface area (Å²) >= 11 is 5.37. The molecule has 2 nitrogen and oxygen atoms in total. The molecule has 108 valence electrons. The molecule has 0 radical (unpaired) electrons. The Labute approximate surface area is 129 Å². The van der Waals surface area contributed by atoms with E-state index in [9.17, 15) is 18.0 Å². The molecule has 0 amide bonds. The van der Waals surface area contributed by atoms with Crippen molar-refractivity contribution in [3.05, 3.63) is 28.8 Å². The summed E-state index contributed by atoms with van der Waals surface area (Å²) in [5.41, 5.74) is -0.861. The maximum Gasteiger partial charge on any atom is 0.417 e. The fourth-order valence-corrected chi connectivity index (χ4v) is 1.88. The van der Waals surface area contributed by atoms with Crippen LogP contribution in [0.4, 0.5) is 13.2 Å². The van der Waals surface area contributed by atoms with E-state index < -0.39 is 11.7 Å². The topological polar surface area (TPSA) is 26.3 Å². The van der Waals surface area contributed by atoms with Crippen LogP contribution in [0.2, 0.25) is 5.02 Å². The van der Waals surface area contributed by atoms with E-state index in [0.29, 0.717) is 11.4 Å². The lowest BCUT2D eigenvalue weighted by molar-refractivity contribution is -0.137. The molecule has 0 aromatic heterocycles. The second-order valence-electron chi connectivity index (χ2n) is 2.71. The van der Waals surface area contributed by atoms with Gasteiger partial charge in [-0.05, 0) is 61.5 Å². The van der Waals surface area contributed by atoms with Gasteiger partial charge in [-0.1, -0.05) is 11.6 Å². The first kappa shape index (κ1) is 19.1. The summed E-state index contributed by atoms with van der Waals surface area (Å²) in [6.07, 6.45) is -4.43. The number of rotatable bonds is 4. The molecule has 0 N–H and O–H groups in total. The standard InChI is InChI=1S/C7H3Cl2F3S.C2H3ClO2S/c8-6-2-1-4(13-9)3-5(6)7(10,11)12;3-6-2-5-1-4/h1-3H;1H,2H2. The molecule has 0 aliphatic carbocycles. The first-order valence-electron chi connectivity index (χ1n) is 4.31. The Hall–Kier alpha value is 0.0500. The summed E-state index contributed by atoms with van der Waals surface area (Å²) in [6.45, 7) is 0.357. The Balaban J connectivity index is 0.000000459. The largest absolute Gasteiger partial charge is 0.456 e. The fourth-order valence-electron chi connectivity index (χ4n) is 0.823. The number of hydrogen-bond acceptors (Lipinski definition) is 4. The van der Waals surface area contributed by atoms with Crippen LogP contribution < -0.4 is 0 Å². The third-order valence-corrected chi connectivity index (χ3v) is 3.30. The van der Waals surface area contributed by atoms with Crippen LogP contribution in [0, 0.1) is 0 Å². The Bertz CT molecular complexity index is 405. The summed E-state index contributed by atoms with van der Waals surface area (Å²) < 4.78 is 40.8. The van der Waals surface area contributed by atoms with Crippen LogP contribution in [0.15, 0.2) is 23.1 Å². The van der Waals surface area contributed by atoms with Crippen LogP contribution in [-0.2, 0) is 15.7 Å². The van der Waals surface area contributed by atoms with E-state index in [1.54, 1.807) is 0 Å². The molecule has 1 aromatic carbocycles.